The summed E-state index contributed by atoms with van der Waals surface area (Å²) in [5.74, 6) is 0. The molecule has 0 spiro atoms. The summed E-state index contributed by atoms with van der Waals surface area (Å²) in [5.41, 5.74) is 15.6. The third kappa shape index (κ3) is 6.52. The topological polar surface area (TPSA) is 107 Å². The monoisotopic (exact) mass is 264 g/mol. The van der Waals surface area contributed by atoms with Crippen LogP contribution in [-0.4, -0.2) is 24.3 Å². The Bertz CT molecular complexity index is 394. The molecule has 0 saturated heterocycles. The molecule has 2 unspecified atom stereocenters. The van der Waals surface area contributed by atoms with Crippen molar-refractivity contribution in [2.75, 3.05) is 13.2 Å². The van der Waals surface area contributed by atoms with Crippen molar-refractivity contribution < 1.29 is 4.74 Å². The Labute approximate surface area is 113 Å². The number of nitrogens with zero attached hydrogens (tertiary/aromatic N) is 6. The van der Waals surface area contributed by atoms with Crippen LogP contribution in [0.1, 0.15) is 27.7 Å². The zero-order valence-corrected chi connectivity index (χ0v) is 11.8. The Morgan fingerprint density at radius 1 is 0.947 bits per heavy atom. The summed E-state index contributed by atoms with van der Waals surface area (Å²) < 4.78 is 5.54. The lowest BCUT2D eigenvalue weighted by Gasteiger charge is -2.24. The largest absolute Gasteiger partial charge is 0.379 e. The van der Waals surface area contributed by atoms with Crippen LogP contribution in [0, 0.1) is 0 Å². The minimum atomic E-state index is -0.739. The van der Waals surface area contributed by atoms with Crippen molar-refractivity contribution >= 4 is 0 Å². The van der Waals surface area contributed by atoms with Gasteiger partial charge in [0.15, 0.2) is 0 Å². The molecule has 0 rings (SSSR count). The predicted octanol–water partition coefficient (Wildman–Crippen LogP) is 4.29. The van der Waals surface area contributed by atoms with Crippen LogP contribution in [0.3, 0.4) is 0 Å². The molecule has 0 N–H and O–H groups in total. The van der Waals surface area contributed by atoms with Crippen molar-refractivity contribution in [3.05, 3.63) is 45.2 Å². The van der Waals surface area contributed by atoms with Crippen LogP contribution in [0.25, 0.3) is 20.9 Å². The number of hydrogen-bond acceptors (Lipinski definition) is 3. The summed E-state index contributed by atoms with van der Waals surface area (Å²) in [6.07, 6.45) is 7.15. The van der Waals surface area contributed by atoms with Gasteiger partial charge in [-0.05, 0) is 38.8 Å². The highest BCUT2D eigenvalue weighted by molar-refractivity contribution is 5.05. The van der Waals surface area contributed by atoms with Crippen LogP contribution in [0.2, 0.25) is 0 Å². The Kier molecular flexibility index (Phi) is 7.37. The first-order valence-electron chi connectivity index (χ1n) is 5.93. The smallest absolute Gasteiger partial charge is 0.0873 e. The highest BCUT2D eigenvalue weighted by Crippen LogP contribution is 2.18. The molecular formula is C12H20N6O. The average Bonchev–Trinajstić information content (AvgIpc) is 2.29. The summed E-state index contributed by atoms with van der Waals surface area (Å²) in [4.78, 5) is 5.62. The van der Waals surface area contributed by atoms with Gasteiger partial charge in [0.1, 0.15) is 0 Å². The summed E-state index contributed by atoms with van der Waals surface area (Å²) in [5, 5.41) is 7.41. The van der Waals surface area contributed by atoms with Gasteiger partial charge in [-0.1, -0.05) is 34.5 Å². The maximum Gasteiger partial charge on any atom is 0.0873 e. The fourth-order valence-corrected chi connectivity index (χ4v) is 1.61. The highest BCUT2D eigenvalue weighted by Gasteiger charge is 2.23. The minimum Gasteiger partial charge on any atom is -0.379 e. The number of azide groups is 2. The van der Waals surface area contributed by atoms with Crippen molar-refractivity contribution in [1.29, 1.82) is 0 Å². The first-order chi connectivity index (χ1) is 8.95. The number of ether oxygens (including phenoxy) is 1. The SMILES string of the molecule is CC=CC(C)(COCC(C)(C=CC)N=[N+]=[N-])N=[N+]=[N-]. The molecule has 0 saturated carbocycles. The molecule has 7 nitrogen and oxygen atoms in total. The Morgan fingerprint density at radius 2 is 1.32 bits per heavy atom. The zero-order chi connectivity index (χ0) is 14.8. The summed E-state index contributed by atoms with van der Waals surface area (Å²) in [6.45, 7) is 7.66. The summed E-state index contributed by atoms with van der Waals surface area (Å²) >= 11 is 0. The van der Waals surface area contributed by atoms with E-state index in [1.54, 1.807) is 38.2 Å². The van der Waals surface area contributed by atoms with Crippen LogP contribution in [0.4, 0.5) is 0 Å². The van der Waals surface area contributed by atoms with Crippen LogP contribution < -0.4 is 0 Å². The Balaban J connectivity index is 4.71. The molecule has 0 aliphatic carbocycles. The van der Waals surface area contributed by atoms with Crippen LogP contribution in [0.5, 0.6) is 0 Å². The van der Waals surface area contributed by atoms with Gasteiger partial charge >= 0.3 is 0 Å². The molecule has 0 radical (unpaired) electrons. The molecule has 0 bridgehead atoms. The summed E-state index contributed by atoms with van der Waals surface area (Å²) in [6, 6.07) is 0. The second-order valence-corrected chi connectivity index (χ2v) is 4.59. The van der Waals surface area contributed by atoms with E-state index >= 15 is 0 Å². The molecule has 19 heavy (non-hydrogen) atoms. The van der Waals surface area contributed by atoms with E-state index < -0.39 is 11.1 Å². The van der Waals surface area contributed by atoms with Gasteiger partial charge in [-0.2, -0.15) is 0 Å². The molecule has 7 heteroatoms. The van der Waals surface area contributed by atoms with Crippen LogP contribution in [0.15, 0.2) is 34.5 Å². The van der Waals surface area contributed by atoms with Gasteiger partial charge in [-0.15, -0.1) is 0 Å². The van der Waals surface area contributed by atoms with Crippen molar-refractivity contribution in [2.45, 2.75) is 38.8 Å². The average molecular weight is 264 g/mol. The molecule has 0 aliphatic heterocycles. The van der Waals surface area contributed by atoms with Gasteiger partial charge in [0.25, 0.3) is 0 Å². The van der Waals surface area contributed by atoms with Gasteiger partial charge in [0.2, 0.25) is 0 Å². The third-order valence-electron chi connectivity index (χ3n) is 2.39. The van der Waals surface area contributed by atoms with Crippen molar-refractivity contribution in [2.24, 2.45) is 10.2 Å². The maximum absolute atomic E-state index is 8.55. The number of rotatable bonds is 8. The van der Waals surface area contributed by atoms with E-state index in [0.29, 0.717) is 0 Å². The fraction of sp³-hybridized carbons (Fsp3) is 0.667. The molecule has 0 aromatic heterocycles. The zero-order valence-electron chi connectivity index (χ0n) is 11.8. The molecule has 0 heterocycles. The normalized spacial score (nSPS) is 17.5. The van der Waals surface area contributed by atoms with Crippen molar-refractivity contribution in [3.63, 3.8) is 0 Å². The standard InChI is InChI=1S/C12H20N6O/c1-5-7-11(3,15-17-13)9-19-10-12(4,8-6-2)16-18-14/h5-8H,9-10H2,1-4H3. The molecule has 0 aromatic carbocycles. The number of hydrogen-bond donors (Lipinski definition) is 0. The molecular weight excluding hydrogens is 244 g/mol. The van der Waals surface area contributed by atoms with Gasteiger partial charge in [-0.3, -0.25) is 0 Å². The van der Waals surface area contributed by atoms with Gasteiger partial charge in [0, 0.05) is 9.82 Å². The second kappa shape index (κ2) is 8.21. The van der Waals surface area contributed by atoms with E-state index in [0.717, 1.165) is 0 Å². The van der Waals surface area contributed by atoms with E-state index in [1.807, 2.05) is 13.8 Å². The number of allylic oxidation sites excluding steroid dienone is 2. The highest BCUT2D eigenvalue weighted by atomic mass is 16.5. The Hall–Kier alpha value is -1.94. The van der Waals surface area contributed by atoms with E-state index in [2.05, 4.69) is 20.1 Å². The molecule has 104 valence electrons. The molecule has 0 fully saturated rings. The molecule has 0 aromatic rings. The van der Waals surface area contributed by atoms with E-state index in [9.17, 15) is 0 Å². The lowest BCUT2D eigenvalue weighted by molar-refractivity contribution is 0.0822. The first-order valence-corrected chi connectivity index (χ1v) is 5.93. The minimum absolute atomic E-state index is 0.218. The van der Waals surface area contributed by atoms with E-state index in [1.165, 1.54) is 0 Å². The van der Waals surface area contributed by atoms with Crippen LogP contribution >= 0.6 is 0 Å². The van der Waals surface area contributed by atoms with Crippen LogP contribution in [-0.2, 0) is 4.74 Å². The Morgan fingerprint density at radius 3 is 1.58 bits per heavy atom. The molecule has 2 atom stereocenters. The first kappa shape index (κ1) is 17.1. The fourth-order valence-electron chi connectivity index (χ4n) is 1.61. The molecule has 0 amide bonds. The van der Waals surface area contributed by atoms with Gasteiger partial charge in [-0.25, -0.2) is 0 Å². The quantitative estimate of drug-likeness (QED) is 0.277. The van der Waals surface area contributed by atoms with Gasteiger partial charge in [0.05, 0.1) is 24.3 Å². The predicted molar refractivity (Wildman–Crippen MR) is 75.5 cm³/mol. The van der Waals surface area contributed by atoms with E-state index in [-0.39, 0.29) is 13.2 Å². The second-order valence-electron chi connectivity index (χ2n) is 4.59. The maximum atomic E-state index is 8.55. The van der Waals surface area contributed by atoms with Gasteiger partial charge < -0.3 is 4.74 Å². The summed E-state index contributed by atoms with van der Waals surface area (Å²) in [7, 11) is 0. The molecule has 0 aliphatic rings. The van der Waals surface area contributed by atoms with E-state index in [4.69, 9.17) is 15.8 Å². The third-order valence-corrected chi connectivity index (χ3v) is 2.39. The van der Waals surface area contributed by atoms with Crippen molar-refractivity contribution in [3.8, 4) is 0 Å². The lowest BCUT2D eigenvalue weighted by Crippen LogP contribution is -2.31. The van der Waals surface area contributed by atoms with Crippen molar-refractivity contribution in [1.82, 2.24) is 0 Å². The lowest BCUT2D eigenvalue weighted by atomic mass is 10.0.